The van der Waals surface area contributed by atoms with Gasteiger partial charge in [0.2, 0.25) is 0 Å². The van der Waals surface area contributed by atoms with Gasteiger partial charge in [-0.2, -0.15) is 0 Å². The highest BCUT2D eigenvalue weighted by Gasteiger charge is 2.14. The number of ether oxygens (including phenoxy) is 2. The third-order valence-corrected chi connectivity index (χ3v) is 4.05. The molecule has 0 unspecified atom stereocenters. The lowest BCUT2D eigenvalue weighted by Crippen LogP contribution is -2.14. The Labute approximate surface area is 140 Å². The van der Waals surface area contributed by atoms with E-state index in [9.17, 15) is 4.79 Å². The molecule has 2 aromatic carbocycles. The van der Waals surface area contributed by atoms with Gasteiger partial charge in [0, 0.05) is 35.8 Å². The van der Waals surface area contributed by atoms with Crippen molar-refractivity contribution in [2.45, 2.75) is 0 Å². The number of benzene rings is 2. The van der Waals surface area contributed by atoms with Crippen molar-refractivity contribution in [2.75, 3.05) is 26.1 Å². The minimum Gasteiger partial charge on any atom is -0.497 e. The van der Waals surface area contributed by atoms with Crippen molar-refractivity contribution < 1.29 is 14.3 Å². The van der Waals surface area contributed by atoms with Crippen LogP contribution in [-0.4, -0.2) is 31.1 Å². The van der Waals surface area contributed by atoms with Crippen molar-refractivity contribution in [1.29, 1.82) is 0 Å². The number of Topliss-reactive ketones (excluding diaryl/α,β-unsaturated/α-hetero) is 1. The third-order valence-electron chi connectivity index (χ3n) is 4.05. The summed E-state index contributed by atoms with van der Waals surface area (Å²) in [6.45, 7) is 0.191. The quantitative estimate of drug-likeness (QED) is 0.705. The van der Waals surface area contributed by atoms with E-state index in [4.69, 9.17) is 9.47 Å². The molecule has 3 rings (SSSR count). The van der Waals surface area contributed by atoms with E-state index in [0.717, 1.165) is 16.6 Å². The smallest absolute Gasteiger partial charge is 0.184 e. The zero-order valence-electron chi connectivity index (χ0n) is 14.0. The molecule has 0 saturated heterocycles. The molecule has 24 heavy (non-hydrogen) atoms. The Kier molecular flexibility index (Phi) is 4.42. The molecular weight excluding hydrogens is 304 g/mol. The van der Waals surface area contributed by atoms with Crippen LogP contribution in [0.5, 0.6) is 11.5 Å². The maximum atomic E-state index is 12.6. The van der Waals surface area contributed by atoms with Gasteiger partial charge in [0.05, 0.1) is 26.5 Å². The molecular formula is C19H20N2O3. The second kappa shape index (κ2) is 6.66. The van der Waals surface area contributed by atoms with Gasteiger partial charge in [-0.05, 0) is 18.2 Å². The summed E-state index contributed by atoms with van der Waals surface area (Å²) in [5.74, 6) is 1.38. The summed E-state index contributed by atoms with van der Waals surface area (Å²) in [5.41, 5.74) is 2.52. The van der Waals surface area contributed by atoms with Crippen LogP contribution in [0.1, 0.15) is 10.4 Å². The van der Waals surface area contributed by atoms with Crippen molar-refractivity contribution in [3.63, 3.8) is 0 Å². The van der Waals surface area contributed by atoms with Crippen molar-refractivity contribution in [3.8, 4) is 11.5 Å². The number of anilines is 1. The Bertz CT molecular complexity index is 883. The second-order valence-electron chi connectivity index (χ2n) is 5.51. The minimum atomic E-state index is 0.0321. The molecule has 0 saturated carbocycles. The minimum absolute atomic E-state index is 0.0321. The molecule has 0 aliphatic heterocycles. The number of methoxy groups -OCH3 is 2. The number of ketones is 1. The molecule has 5 heteroatoms. The highest BCUT2D eigenvalue weighted by atomic mass is 16.5. The number of rotatable bonds is 6. The van der Waals surface area contributed by atoms with Crippen LogP contribution in [0.15, 0.2) is 48.7 Å². The fourth-order valence-electron chi connectivity index (χ4n) is 2.78. The number of carbonyl (C=O) groups is 1. The summed E-state index contributed by atoms with van der Waals surface area (Å²) in [6, 6.07) is 13.3. The Balaban J connectivity index is 1.80. The Hall–Kier alpha value is -2.95. The van der Waals surface area contributed by atoms with E-state index in [1.54, 1.807) is 20.3 Å². The summed E-state index contributed by atoms with van der Waals surface area (Å²) < 4.78 is 12.5. The Morgan fingerprint density at radius 2 is 1.92 bits per heavy atom. The van der Waals surface area contributed by atoms with Crippen LogP contribution in [0.25, 0.3) is 10.9 Å². The lowest BCUT2D eigenvalue weighted by Gasteiger charge is -2.12. The first-order valence-corrected chi connectivity index (χ1v) is 7.67. The SMILES string of the molecule is COc1ccc(NCC(=O)c2cn(C)c3ccccc23)c(OC)c1. The number of aromatic nitrogens is 1. The van der Waals surface area contributed by atoms with Gasteiger partial charge < -0.3 is 19.4 Å². The molecule has 124 valence electrons. The van der Waals surface area contributed by atoms with Crippen LogP contribution in [0.4, 0.5) is 5.69 Å². The summed E-state index contributed by atoms with van der Waals surface area (Å²) in [6.07, 6.45) is 1.87. The van der Waals surface area contributed by atoms with Gasteiger partial charge in [-0.15, -0.1) is 0 Å². The summed E-state index contributed by atoms with van der Waals surface area (Å²) >= 11 is 0. The average molecular weight is 324 g/mol. The van der Waals surface area contributed by atoms with Crippen LogP contribution in [0.2, 0.25) is 0 Å². The number of nitrogens with zero attached hydrogens (tertiary/aromatic N) is 1. The monoisotopic (exact) mass is 324 g/mol. The molecule has 0 fully saturated rings. The Morgan fingerprint density at radius 3 is 2.67 bits per heavy atom. The van der Waals surface area contributed by atoms with E-state index in [1.807, 2.05) is 54.2 Å². The zero-order valence-corrected chi connectivity index (χ0v) is 14.0. The van der Waals surface area contributed by atoms with Crippen molar-refractivity contribution >= 4 is 22.4 Å². The molecule has 1 N–H and O–H groups in total. The normalized spacial score (nSPS) is 10.6. The number of nitrogens with one attached hydrogen (secondary N) is 1. The lowest BCUT2D eigenvalue weighted by atomic mass is 10.1. The second-order valence-corrected chi connectivity index (χ2v) is 5.51. The predicted molar refractivity (Wildman–Crippen MR) is 95.3 cm³/mol. The van der Waals surface area contributed by atoms with E-state index >= 15 is 0 Å². The standard InChI is InChI=1S/C19H20N2O3/c1-21-12-15(14-6-4-5-7-17(14)21)18(22)11-20-16-9-8-13(23-2)10-19(16)24-3/h4-10,12,20H,11H2,1-3H3. The van der Waals surface area contributed by atoms with E-state index in [0.29, 0.717) is 17.1 Å². The van der Waals surface area contributed by atoms with E-state index in [-0.39, 0.29) is 12.3 Å². The van der Waals surface area contributed by atoms with Gasteiger partial charge >= 0.3 is 0 Å². The molecule has 1 aromatic heterocycles. The lowest BCUT2D eigenvalue weighted by molar-refractivity contribution is 0.101. The van der Waals surface area contributed by atoms with Crippen LogP contribution < -0.4 is 14.8 Å². The van der Waals surface area contributed by atoms with Crippen molar-refractivity contribution in [1.82, 2.24) is 4.57 Å². The first kappa shape index (κ1) is 15.9. The number of carbonyl (C=O) groups excluding carboxylic acids is 1. The maximum Gasteiger partial charge on any atom is 0.184 e. The highest BCUT2D eigenvalue weighted by molar-refractivity contribution is 6.09. The molecule has 0 spiro atoms. The first-order chi connectivity index (χ1) is 11.6. The molecule has 1 heterocycles. The molecule has 5 nitrogen and oxygen atoms in total. The van der Waals surface area contributed by atoms with Gasteiger partial charge in [0.15, 0.2) is 5.78 Å². The third kappa shape index (κ3) is 2.93. The van der Waals surface area contributed by atoms with Crippen molar-refractivity contribution in [3.05, 3.63) is 54.2 Å². The molecule has 0 aliphatic rings. The molecule has 0 bridgehead atoms. The first-order valence-electron chi connectivity index (χ1n) is 7.67. The van der Waals surface area contributed by atoms with Gasteiger partial charge in [-0.3, -0.25) is 4.79 Å². The number of para-hydroxylation sites is 1. The fraction of sp³-hybridized carbons (Fsp3) is 0.211. The van der Waals surface area contributed by atoms with Gasteiger partial charge in [-0.1, -0.05) is 18.2 Å². The molecule has 0 atom stereocenters. The van der Waals surface area contributed by atoms with Crippen LogP contribution >= 0.6 is 0 Å². The zero-order chi connectivity index (χ0) is 17.1. The van der Waals surface area contributed by atoms with E-state index in [1.165, 1.54) is 0 Å². The summed E-state index contributed by atoms with van der Waals surface area (Å²) in [7, 11) is 5.14. The molecule has 3 aromatic rings. The topological polar surface area (TPSA) is 52.5 Å². The maximum absolute atomic E-state index is 12.6. The fourth-order valence-corrected chi connectivity index (χ4v) is 2.78. The summed E-state index contributed by atoms with van der Waals surface area (Å²) in [5, 5.41) is 4.11. The average Bonchev–Trinajstić information content (AvgIpc) is 2.97. The largest absolute Gasteiger partial charge is 0.497 e. The number of hydrogen-bond acceptors (Lipinski definition) is 4. The van der Waals surface area contributed by atoms with E-state index in [2.05, 4.69) is 5.32 Å². The number of aryl methyl sites for hydroxylation is 1. The van der Waals surface area contributed by atoms with Crippen LogP contribution in [-0.2, 0) is 7.05 Å². The van der Waals surface area contributed by atoms with Crippen molar-refractivity contribution in [2.24, 2.45) is 7.05 Å². The number of hydrogen-bond donors (Lipinski definition) is 1. The summed E-state index contributed by atoms with van der Waals surface area (Å²) in [4.78, 5) is 12.6. The highest BCUT2D eigenvalue weighted by Crippen LogP contribution is 2.29. The molecule has 0 aliphatic carbocycles. The van der Waals surface area contributed by atoms with Gasteiger partial charge in [0.1, 0.15) is 11.5 Å². The molecule has 0 amide bonds. The van der Waals surface area contributed by atoms with Gasteiger partial charge in [0.25, 0.3) is 0 Å². The van der Waals surface area contributed by atoms with Crippen LogP contribution in [0, 0.1) is 0 Å². The predicted octanol–water partition coefficient (Wildman–Crippen LogP) is 3.49. The van der Waals surface area contributed by atoms with Gasteiger partial charge in [-0.25, -0.2) is 0 Å². The van der Waals surface area contributed by atoms with Crippen LogP contribution in [0.3, 0.4) is 0 Å². The van der Waals surface area contributed by atoms with E-state index < -0.39 is 0 Å². The number of fused-ring (bicyclic) bond motifs is 1. The molecule has 0 radical (unpaired) electrons. The Morgan fingerprint density at radius 1 is 1.12 bits per heavy atom.